The Balaban J connectivity index is 1.20. The van der Waals surface area contributed by atoms with Crippen molar-refractivity contribution in [2.75, 3.05) is 6.61 Å². The number of benzene rings is 4. The van der Waals surface area contributed by atoms with E-state index in [2.05, 4.69) is 46.7 Å². The molecule has 0 bridgehead atoms. The number of rotatable bonds is 15. The van der Waals surface area contributed by atoms with Crippen molar-refractivity contribution >= 4 is 22.6 Å². The van der Waals surface area contributed by atoms with E-state index in [-0.39, 0.29) is 31.0 Å². The van der Waals surface area contributed by atoms with Gasteiger partial charge in [-0.25, -0.2) is 9.97 Å². The van der Waals surface area contributed by atoms with E-state index in [0.717, 1.165) is 33.3 Å². The van der Waals surface area contributed by atoms with Gasteiger partial charge in [0.05, 0.1) is 50.6 Å². The molecule has 0 aliphatic carbocycles. The summed E-state index contributed by atoms with van der Waals surface area (Å²) in [5, 5.41) is 4.20. The van der Waals surface area contributed by atoms with Crippen molar-refractivity contribution in [3.8, 4) is 0 Å². The predicted molar refractivity (Wildman–Crippen MR) is 190 cm³/mol. The summed E-state index contributed by atoms with van der Waals surface area (Å²) in [5.74, 6) is 0. The lowest BCUT2D eigenvalue weighted by molar-refractivity contribution is -0.0861. The Bertz CT molecular complexity index is 1890. The standard InChI is InChI=1S/C40H39ClN4O4/c41-40-37-35(42-27-43-40)33(21-45(37)28-47-23-30-15-7-2-8-16-30)36-39(49-25-32-19-11-4-12-20-32)38(48-24-31-17-9-3-10-18-31)34(44-36)26-46-22-29-13-5-1-6-14-29/h1-21,27,34,36,38-39,44H,22-26,28H2/t34-,36+,38-,39+/m1/s1. The molecular weight excluding hydrogens is 636 g/mol. The van der Waals surface area contributed by atoms with E-state index >= 15 is 0 Å². The van der Waals surface area contributed by atoms with Crippen molar-refractivity contribution in [1.82, 2.24) is 19.9 Å². The Labute approximate surface area is 291 Å². The van der Waals surface area contributed by atoms with Crippen molar-refractivity contribution < 1.29 is 18.9 Å². The number of aromatic nitrogens is 3. The highest BCUT2D eigenvalue weighted by molar-refractivity contribution is 6.33. The normalized spacial score (nSPS) is 19.0. The van der Waals surface area contributed by atoms with Gasteiger partial charge in [-0.3, -0.25) is 0 Å². The third kappa shape index (κ3) is 8.25. The average Bonchev–Trinajstić information content (AvgIpc) is 3.69. The Morgan fingerprint density at radius 3 is 1.69 bits per heavy atom. The highest BCUT2D eigenvalue weighted by atomic mass is 35.5. The Hall–Kier alpha value is -4.41. The van der Waals surface area contributed by atoms with Gasteiger partial charge in [0.2, 0.25) is 0 Å². The van der Waals surface area contributed by atoms with Crippen molar-refractivity contribution in [2.24, 2.45) is 0 Å². The van der Waals surface area contributed by atoms with Gasteiger partial charge in [-0.15, -0.1) is 0 Å². The maximum atomic E-state index is 6.82. The maximum absolute atomic E-state index is 6.82. The second-order valence-corrected chi connectivity index (χ2v) is 12.5. The quantitative estimate of drug-likeness (QED) is 0.112. The minimum absolute atomic E-state index is 0.178. The topological polar surface area (TPSA) is 79.7 Å². The molecule has 0 radical (unpaired) electrons. The summed E-state index contributed by atoms with van der Waals surface area (Å²) >= 11 is 6.73. The molecule has 1 N–H and O–H groups in total. The Morgan fingerprint density at radius 1 is 0.612 bits per heavy atom. The Morgan fingerprint density at radius 2 is 1.12 bits per heavy atom. The molecule has 0 unspecified atom stereocenters. The lowest BCUT2D eigenvalue weighted by atomic mass is 10.0. The van der Waals surface area contributed by atoms with Gasteiger partial charge in [0.1, 0.15) is 30.8 Å². The first kappa shape index (κ1) is 33.1. The molecular formula is C40H39ClN4O4. The minimum Gasteiger partial charge on any atom is -0.375 e. The lowest BCUT2D eigenvalue weighted by Crippen LogP contribution is -2.39. The fourth-order valence-electron chi connectivity index (χ4n) is 6.34. The third-order valence-corrected chi connectivity index (χ3v) is 9.01. The van der Waals surface area contributed by atoms with Crippen molar-refractivity contribution in [2.45, 2.75) is 57.4 Å². The fourth-order valence-corrected chi connectivity index (χ4v) is 6.59. The summed E-state index contributed by atoms with van der Waals surface area (Å²) in [6.45, 7) is 2.50. The van der Waals surface area contributed by atoms with Crippen molar-refractivity contribution in [3.05, 3.63) is 167 Å². The number of hydrogen-bond donors (Lipinski definition) is 1. The molecule has 0 amide bonds. The van der Waals surface area contributed by atoms with Crippen LogP contribution in [0.1, 0.15) is 33.9 Å². The van der Waals surface area contributed by atoms with Crippen LogP contribution in [0.25, 0.3) is 11.0 Å². The van der Waals surface area contributed by atoms with Crippen LogP contribution >= 0.6 is 11.6 Å². The molecule has 1 aliphatic heterocycles. The first-order valence-electron chi connectivity index (χ1n) is 16.5. The number of nitrogens with one attached hydrogen (secondary N) is 1. The van der Waals surface area contributed by atoms with Gasteiger partial charge in [-0.1, -0.05) is 133 Å². The van der Waals surface area contributed by atoms with Crippen molar-refractivity contribution in [3.63, 3.8) is 0 Å². The molecule has 4 aromatic carbocycles. The predicted octanol–water partition coefficient (Wildman–Crippen LogP) is 7.66. The highest BCUT2D eigenvalue weighted by Gasteiger charge is 2.46. The summed E-state index contributed by atoms with van der Waals surface area (Å²) in [6.07, 6.45) is 2.83. The van der Waals surface area contributed by atoms with E-state index in [1.165, 1.54) is 6.33 Å². The second kappa shape index (κ2) is 16.3. The molecule has 250 valence electrons. The van der Waals surface area contributed by atoms with Crippen molar-refractivity contribution in [1.29, 1.82) is 0 Å². The molecule has 1 aliphatic rings. The summed E-state index contributed by atoms with van der Waals surface area (Å²) in [5.41, 5.74) is 6.74. The summed E-state index contributed by atoms with van der Waals surface area (Å²) in [4.78, 5) is 9.05. The molecule has 2 aromatic heterocycles. The summed E-state index contributed by atoms with van der Waals surface area (Å²) < 4.78 is 28.0. The summed E-state index contributed by atoms with van der Waals surface area (Å²) in [6, 6.07) is 40.2. The lowest BCUT2D eigenvalue weighted by Gasteiger charge is -2.26. The van der Waals surface area contributed by atoms with E-state index in [9.17, 15) is 0 Å². The minimum atomic E-state index is -0.382. The molecule has 7 rings (SSSR count). The molecule has 49 heavy (non-hydrogen) atoms. The van der Waals surface area contributed by atoms with Crippen LogP contribution in [0.15, 0.2) is 134 Å². The number of ether oxygens (including phenoxy) is 4. The number of hydrogen-bond acceptors (Lipinski definition) is 7. The number of halogens is 1. The number of nitrogens with zero attached hydrogens (tertiary/aromatic N) is 3. The van der Waals surface area contributed by atoms with E-state index in [1.807, 2.05) is 95.7 Å². The fraction of sp³-hybridized carbons (Fsp3) is 0.250. The first-order chi connectivity index (χ1) is 24.2. The van der Waals surface area contributed by atoms with Gasteiger partial charge < -0.3 is 28.8 Å². The van der Waals surface area contributed by atoms with Crippen LogP contribution in [-0.4, -0.2) is 39.4 Å². The molecule has 9 heteroatoms. The second-order valence-electron chi connectivity index (χ2n) is 12.2. The van der Waals surface area contributed by atoms with Crippen LogP contribution in [0.5, 0.6) is 0 Å². The zero-order valence-electron chi connectivity index (χ0n) is 27.1. The zero-order valence-corrected chi connectivity index (χ0v) is 27.9. The first-order valence-corrected chi connectivity index (χ1v) is 16.9. The smallest absolute Gasteiger partial charge is 0.156 e. The van der Waals surface area contributed by atoms with Gasteiger partial charge in [-0.05, 0) is 22.3 Å². The molecule has 3 heterocycles. The molecule has 1 fully saturated rings. The van der Waals surface area contributed by atoms with E-state index in [0.29, 0.717) is 43.7 Å². The molecule has 8 nitrogen and oxygen atoms in total. The third-order valence-electron chi connectivity index (χ3n) is 8.73. The summed E-state index contributed by atoms with van der Waals surface area (Å²) in [7, 11) is 0. The molecule has 0 spiro atoms. The van der Waals surface area contributed by atoms with Crippen LogP contribution in [-0.2, 0) is 52.1 Å². The van der Waals surface area contributed by atoms with Gasteiger partial charge >= 0.3 is 0 Å². The van der Waals surface area contributed by atoms with E-state index < -0.39 is 0 Å². The molecule has 6 aromatic rings. The van der Waals surface area contributed by atoms with Gasteiger partial charge in [0.15, 0.2) is 5.15 Å². The number of fused-ring (bicyclic) bond motifs is 1. The SMILES string of the molecule is Clc1ncnc2c([C@@H]3N[C@H](COCc4ccccc4)[C@@H](OCc4ccccc4)[C@H]3OCc3ccccc3)cn(COCc3ccccc3)c12. The van der Waals surface area contributed by atoms with Crippen LogP contribution < -0.4 is 5.32 Å². The van der Waals surface area contributed by atoms with Gasteiger partial charge in [0.25, 0.3) is 0 Å². The maximum Gasteiger partial charge on any atom is 0.156 e. The average molecular weight is 675 g/mol. The highest BCUT2D eigenvalue weighted by Crippen LogP contribution is 2.38. The van der Waals surface area contributed by atoms with E-state index in [4.69, 9.17) is 35.5 Å². The molecule has 4 atom stereocenters. The van der Waals surface area contributed by atoms with Crippen LogP contribution in [0.3, 0.4) is 0 Å². The van der Waals surface area contributed by atoms with E-state index in [1.54, 1.807) is 0 Å². The zero-order chi connectivity index (χ0) is 33.3. The van der Waals surface area contributed by atoms with Gasteiger partial charge in [-0.2, -0.15) is 0 Å². The largest absolute Gasteiger partial charge is 0.375 e. The van der Waals surface area contributed by atoms with Crippen LogP contribution in [0, 0.1) is 0 Å². The van der Waals surface area contributed by atoms with Crippen LogP contribution in [0.2, 0.25) is 5.15 Å². The van der Waals surface area contributed by atoms with Crippen LogP contribution in [0.4, 0.5) is 0 Å². The molecule has 0 saturated carbocycles. The Kier molecular flexibility index (Phi) is 11.0. The van der Waals surface area contributed by atoms with Gasteiger partial charge in [0, 0.05) is 11.8 Å². The molecule has 1 saturated heterocycles. The monoisotopic (exact) mass is 674 g/mol.